The van der Waals surface area contributed by atoms with Gasteiger partial charge in [0, 0.05) is 0 Å². The van der Waals surface area contributed by atoms with Gasteiger partial charge in [-0.2, -0.15) is 0 Å². The third kappa shape index (κ3) is 13.0. The number of rotatable bonds is 8. The number of ether oxygens (including phenoxy) is 1. The molecule has 0 amide bonds. The first kappa shape index (κ1) is 35.5. The van der Waals surface area contributed by atoms with Crippen LogP contribution < -0.4 is 25.9 Å². The maximum absolute atomic E-state index is 12.8. The number of hydrogen-bond donors (Lipinski definition) is 0. The third-order valence-electron chi connectivity index (χ3n) is 5.32. The molecule has 0 fully saturated rings. The molecule has 5 aromatic carbocycles. The molecule has 0 aliphatic rings. The minimum Gasteiger partial charge on any atom is -0.418 e. The fourth-order valence-electron chi connectivity index (χ4n) is 3.32. The summed E-state index contributed by atoms with van der Waals surface area (Å²) >= 11 is -2.62. The number of methoxy groups -OCH3 is 1. The average Bonchev–Trinajstić information content (AvgIpc) is 3.01. The molecular formula is C32H29BF4I2O4S. The van der Waals surface area contributed by atoms with Gasteiger partial charge in [0.2, 0.25) is 0 Å². The smallest absolute Gasteiger partial charge is 0.418 e. The van der Waals surface area contributed by atoms with E-state index in [0.29, 0.717) is 0 Å². The van der Waals surface area contributed by atoms with Crippen molar-refractivity contribution in [1.82, 2.24) is 0 Å². The Labute approximate surface area is 273 Å². The molecule has 0 N–H and O–H groups in total. The van der Waals surface area contributed by atoms with Crippen LogP contribution in [0.25, 0.3) is 0 Å². The van der Waals surface area contributed by atoms with E-state index in [1.165, 1.54) is 7.14 Å². The Morgan fingerprint density at radius 3 is 1.45 bits per heavy atom. The van der Waals surface area contributed by atoms with Crippen molar-refractivity contribution in [2.45, 2.75) is 11.8 Å². The van der Waals surface area contributed by atoms with Gasteiger partial charge in [0.25, 0.3) is 0 Å². The van der Waals surface area contributed by atoms with Crippen molar-refractivity contribution in [2.75, 3.05) is 7.11 Å². The topological polar surface area (TPSA) is 52.6 Å². The molecule has 0 heterocycles. The fourth-order valence-corrected chi connectivity index (χ4v) is 12.5. The Hall–Kier alpha value is -2.95. The van der Waals surface area contributed by atoms with Crippen LogP contribution in [0.1, 0.15) is 5.56 Å². The summed E-state index contributed by atoms with van der Waals surface area (Å²) in [6.45, 7) is 1.91. The van der Waals surface area contributed by atoms with Crippen LogP contribution in [-0.4, -0.2) is 22.8 Å². The summed E-state index contributed by atoms with van der Waals surface area (Å²) in [5, 5.41) is 0. The first-order chi connectivity index (χ1) is 20.9. The van der Waals surface area contributed by atoms with Crippen LogP contribution in [0.4, 0.5) is 17.3 Å². The molecule has 0 saturated carbocycles. The summed E-state index contributed by atoms with van der Waals surface area (Å²) in [6.07, 6.45) is 0. The van der Waals surface area contributed by atoms with E-state index in [0.717, 1.165) is 18.5 Å². The molecule has 4 nitrogen and oxygen atoms in total. The van der Waals surface area contributed by atoms with E-state index < -0.39 is 37.6 Å². The van der Waals surface area contributed by atoms with Crippen molar-refractivity contribution in [3.63, 3.8) is 0 Å². The molecule has 232 valence electrons. The summed E-state index contributed by atoms with van der Waals surface area (Å²) in [5.41, 5.74) is 0.998. The van der Waals surface area contributed by atoms with Gasteiger partial charge < -0.3 is 17.3 Å². The van der Waals surface area contributed by atoms with Crippen LogP contribution in [0.5, 0.6) is 5.75 Å². The quantitative estimate of drug-likeness (QED) is 0.110. The molecule has 0 atom stereocenters. The van der Waals surface area contributed by atoms with Gasteiger partial charge in [-0.25, -0.2) is 0 Å². The summed E-state index contributed by atoms with van der Waals surface area (Å²) in [4.78, 5) is 0.176. The predicted octanol–water partition coefficient (Wildman–Crippen LogP) is 5.98. The van der Waals surface area contributed by atoms with E-state index in [1.54, 1.807) is 31.4 Å². The summed E-state index contributed by atoms with van der Waals surface area (Å²) < 4.78 is 80.4. The van der Waals surface area contributed by atoms with E-state index in [9.17, 15) is 25.7 Å². The number of aryl methyl sites for hydroxylation is 1. The van der Waals surface area contributed by atoms with Crippen molar-refractivity contribution in [3.8, 4) is 5.75 Å². The second kappa shape index (κ2) is 17.5. The molecular weight excluding hydrogens is 821 g/mol. The summed E-state index contributed by atoms with van der Waals surface area (Å²) in [7, 11) is -8.25. The van der Waals surface area contributed by atoms with Crippen molar-refractivity contribution in [3.05, 3.63) is 159 Å². The molecule has 0 radical (unpaired) electrons. The molecule has 5 aromatic rings. The maximum atomic E-state index is 12.8. The summed E-state index contributed by atoms with van der Waals surface area (Å²) in [6, 6.07) is 45.0. The molecule has 0 spiro atoms. The minimum atomic E-state index is -6.00. The van der Waals surface area contributed by atoms with Gasteiger partial charge >= 0.3 is 191 Å². The molecule has 0 unspecified atom stereocenters. The Kier molecular flexibility index (Phi) is 14.1. The zero-order chi connectivity index (χ0) is 32.0. The van der Waals surface area contributed by atoms with Crippen LogP contribution in [0.3, 0.4) is 0 Å². The molecule has 0 aliphatic heterocycles. The van der Waals surface area contributed by atoms with Crippen molar-refractivity contribution in [1.29, 1.82) is 0 Å². The van der Waals surface area contributed by atoms with E-state index >= 15 is 0 Å². The van der Waals surface area contributed by atoms with Crippen molar-refractivity contribution < 1.29 is 54.1 Å². The molecule has 0 aromatic heterocycles. The second-order valence-electron chi connectivity index (χ2n) is 8.71. The molecule has 5 rings (SSSR count). The third-order valence-corrected chi connectivity index (χ3v) is 15.3. The molecule has 0 bridgehead atoms. The Bertz CT molecular complexity index is 1600. The Balaban J connectivity index is 0.000000243. The maximum Gasteiger partial charge on any atom is 0.673 e. The number of benzene rings is 5. The van der Waals surface area contributed by atoms with Crippen LogP contribution in [-0.2, 0) is 12.6 Å². The van der Waals surface area contributed by atoms with E-state index in [2.05, 4.69) is 60.7 Å². The van der Waals surface area contributed by atoms with Crippen LogP contribution in [0, 0.1) is 21.2 Å². The van der Waals surface area contributed by atoms with Crippen LogP contribution in [0.15, 0.2) is 144 Å². The minimum absolute atomic E-state index is 0.0287. The largest absolute Gasteiger partial charge is 0.673 e. The van der Waals surface area contributed by atoms with Gasteiger partial charge in [-0.3, -0.25) is 0 Å². The first-order valence-electron chi connectivity index (χ1n) is 13.0. The SMILES string of the molecule is COc1ccc(I(OS(=O)(=O)c2ccc(C)cc2)c2ccccc2)cc1.F[B-](F)(F)F.c1ccc([I+]c2ccccc2)cc1. The van der Waals surface area contributed by atoms with Crippen molar-refractivity contribution in [2.24, 2.45) is 0 Å². The number of halogens is 6. The van der Waals surface area contributed by atoms with Gasteiger partial charge in [0.1, 0.15) is 0 Å². The monoisotopic (exact) mass is 850 g/mol. The number of hydrogen-bond acceptors (Lipinski definition) is 4. The normalized spacial score (nSPS) is 11.3. The van der Waals surface area contributed by atoms with E-state index in [-0.39, 0.29) is 26.1 Å². The first-order valence-corrected chi connectivity index (χ1v) is 19.6. The van der Waals surface area contributed by atoms with Crippen LogP contribution in [0.2, 0.25) is 0 Å². The average molecular weight is 850 g/mol. The molecule has 12 heteroatoms. The van der Waals surface area contributed by atoms with E-state index in [4.69, 9.17) is 7.25 Å². The second-order valence-corrected chi connectivity index (χ2v) is 18.2. The molecule has 44 heavy (non-hydrogen) atoms. The Morgan fingerprint density at radius 2 is 1.02 bits per heavy atom. The van der Waals surface area contributed by atoms with Gasteiger partial charge in [0.15, 0.2) is 7.14 Å². The van der Waals surface area contributed by atoms with Gasteiger partial charge in [-0.05, 0) is 24.3 Å². The van der Waals surface area contributed by atoms with Gasteiger partial charge in [0.05, 0.1) is 0 Å². The Morgan fingerprint density at radius 1 is 0.614 bits per heavy atom. The zero-order valence-corrected chi connectivity index (χ0v) is 28.8. The van der Waals surface area contributed by atoms with Gasteiger partial charge in [-0.15, -0.1) is 0 Å². The van der Waals surface area contributed by atoms with E-state index in [1.807, 2.05) is 61.5 Å². The van der Waals surface area contributed by atoms with Crippen LogP contribution >= 0.6 is 20.2 Å². The summed E-state index contributed by atoms with van der Waals surface area (Å²) in [5.74, 6) is 0.721. The predicted molar refractivity (Wildman–Crippen MR) is 171 cm³/mol. The van der Waals surface area contributed by atoms with Gasteiger partial charge in [-0.1, -0.05) is 36.4 Å². The molecule has 0 saturated heterocycles. The fraction of sp³-hybridized carbons (Fsp3) is 0.0625. The molecule has 0 aliphatic carbocycles. The van der Waals surface area contributed by atoms with Crippen molar-refractivity contribution >= 4 is 37.6 Å². The zero-order valence-electron chi connectivity index (χ0n) is 23.7. The standard InChI is InChI=1S/C20H19IO4S.C12H10I.BF4/c1-16-8-14-20(15-9-16)26(22,23)25-21(17-6-4-3-5-7-17)18-10-12-19(24-2)13-11-18;1-3-7-11(8-4-1)13-12-9-5-2-6-10-12;2-1(3,4)5/h3-15H,1-2H3;1-10H;/q;+1;-1.